The van der Waals surface area contributed by atoms with E-state index in [0.29, 0.717) is 24.3 Å². The number of carbonyl (C=O) groups excluding carboxylic acids is 1. The fourth-order valence-corrected chi connectivity index (χ4v) is 2.82. The van der Waals surface area contributed by atoms with Crippen molar-refractivity contribution in [1.29, 1.82) is 5.26 Å². The van der Waals surface area contributed by atoms with Crippen LogP contribution in [0.5, 0.6) is 0 Å². The summed E-state index contributed by atoms with van der Waals surface area (Å²) in [6, 6.07) is 8.86. The molecule has 1 aliphatic rings. The van der Waals surface area contributed by atoms with Crippen molar-refractivity contribution in [2.75, 3.05) is 20.1 Å². The van der Waals surface area contributed by atoms with Gasteiger partial charge in [0.2, 0.25) is 5.91 Å². The van der Waals surface area contributed by atoms with Gasteiger partial charge in [0.1, 0.15) is 5.54 Å². The smallest absolute Gasteiger partial charge is 0.238 e. The highest BCUT2D eigenvalue weighted by Crippen LogP contribution is 2.21. The van der Waals surface area contributed by atoms with Gasteiger partial charge in [-0.2, -0.15) is 5.26 Å². The third-order valence-corrected chi connectivity index (χ3v) is 4.33. The van der Waals surface area contributed by atoms with Crippen molar-refractivity contribution in [3.8, 4) is 6.07 Å². The van der Waals surface area contributed by atoms with E-state index in [-0.39, 0.29) is 5.91 Å². The maximum atomic E-state index is 12.3. The largest absolute Gasteiger partial charge is 0.336 e. The van der Waals surface area contributed by atoms with Crippen LogP contribution in [0.2, 0.25) is 5.02 Å². The van der Waals surface area contributed by atoms with E-state index in [2.05, 4.69) is 16.3 Å². The van der Waals surface area contributed by atoms with Crippen LogP contribution in [0.15, 0.2) is 24.3 Å². The first-order chi connectivity index (χ1) is 10.4. The van der Waals surface area contributed by atoms with Crippen LogP contribution in [0, 0.1) is 11.3 Å². The molecule has 1 aliphatic heterocycles. The molecule has 118 valence electrons. The van der Waals surface area contributed by atoms with E-state index in [9.17, 15) is 10.1 Å². The second kappa shape index (κ2) is 7.10. The predicted molar refractivity (Wildman–Crippen MR) is 86.3 cm³/mol. The highest BCUT2D eigenvalue weighted by Gasteiger charge is 2.36. The lowest BCUT2D eigenvalue weighted by Gasteiger charge is -2.36. The van der Waals surface area contributed by atoms with E-state index in [1.54, 1.807) is 12.1 Å². The van der Waals surface area contributed by atoms with Gasteiger partial charge in [-0.25, -0.2) is 0 Å². The summed E-state index contributed by atoms with van der Waals surface area (Å²) in [6.07, 6.45) is 1.64. The molecule has 0 bridgehead atoms. The number of hydrogen-bond acceptors (Lipinski definition) is 4. The van der Waals surface area contributed by atoms with Crippen LogP contribution in [0.3, 0.4) is 0 Å². The van der Waals surface area contributed by atoms with E-state index in [1.807, 2.05) is 19.2 Å². The third kappa shape index (κ3) is 4.20. The van der Waals surface area contributed by atoms with Gasteiger partial charge in [0.25, 0.3) is 0 Å². The monoisotopic (exact) mass is 320 g/mol. The molecular formula is C16H21ClN4O. The lowest BCUT2D eigenvalue weighted by Crippen LogP contribution is -2.57. The third-order valence-electron chi connectivity index (χ3n) is 4.10. The number of likely N-dealkylation sites (tertiary alicyclic amines) is 1. The first kappa shape index (κ1) is 16.8. The molecule has 1 aromatic rings. The second-order valence-corrected chi connectivity index (χ2v) is 6.36. The minimum Gasteiger partial charge on any atom is -0.336 e. The number of nitrogens with one attached hydrogen (secondary N) is 1. The number of piperidine rings is 1. The molecule has 1 heterocycles. The molecule has 3 N–H and O–H groups in total. The highest BCUT2D eigenvalue weighted by molar-refractivity contribution is 6.30. The summed E-state index contributed by atoms with van der Waals surface area (Å²) in [4.78, 5) is 14.5. The average molecular weight is 321 g/mol. The number of rotatable bonds is 4. The van der Waals surface area contributed by atoms with Crippen molar-refractivity contribution >= 4 is 17.5 Å². The SMILES string of the molecule is CN1CCC(C#N)(NC(=O)C(N)Cc2cccc(Cl)c2)CC1. The zero-order chi connectivity index (χ0) is 16.2. The molecule has 2 rings (SSSR count). The Bertz CT molecular complexity index is 576. The van der Waals surface area contributed by atoms with E-state index >= 15 is 0 Å². The number of amides is 1. The van der Waals surface area contributed by atoms with Crippen LogP contribution < -0.4 is 11.1 Å². The van der Waals surface area contributed by atoms with Gasteiger partial charge < -0.3 is 16.0 Å². The Morgan fingerprint density at radius 1 is 1.55 bits per heavy atom. The Balaban J connectivity index is 1.97. The maximum absolute atomic E-state index is 12.3. The molecule has 1 aromatic carbocycles. The normalized spacial score (nSPS) is 19.2. The van der Waals surface area contributed by atoms with Gasteiger partial charge in [-0.05, 0) is 44.0 Å². The second-order valence-electron chi connectivity index (χ2n) is 5.93. The zero-order valence-corrected chi connectivity index (χ0v) is 13.4. The Hall–Kier alpha value is -1.61. The summed E-state index contributed by atoms with van der Waals surface area (Å²) >= 11 is 5.93. The predicted octanol–water partition coefficient (Wildman–Crippen LogP) is 1.31. The fourth-order valence-electron chi connectivity index (χ4n) is 2.60. The van der Waals surface area contributed by atoms with Crippen molar-refractivity contribution in [1.82, 2.24) is 10.2 Å². The quantitative estimate of drug-likeness (QED) is 0.876. The minimum absolute atomic E-state index is 0.286. The van der Waals surface area contributed by atoms with Crippen LogP contribution in [0.1, 0.15) is 18.4 Å². The molecule has 0 aromatic heterocycles. The lowest BCUT2D eigenvalue weighted by molar-refractivity contribution is -0.124. The molecule has 5 nitrogen and oxygen atoms in total. The van der Waals surface area contributed by atoms with E-state index < -0.39 is 11.6 Å². The van der Waals surface area contributed by atoms with Gasteiger partial charge in [0, 0.05) is 18.1 Å². The van der Waals surface area contributed by atoms with E-state index in [4.69, 9.17) is 17.3 Å². The van der Waals surface area contributed by atoms with Gasteiger partial charge in [-0.3, -0.25) is 4.79 Å². The molecule has 1 atom stereocenters. The van der Waals surface area contributed by atoms with Crippen molar-refractivity contribution in [3.05, 3.63) is 34.9 Å². The van der Waals surface area contributed by atoms with Gasteiger partial charge >= 0.3 is 0 Å². The number of benzene rings is 1. The Morgan fingerprint density at radius 2 is 2.23 bits per heavy atom. The number of nitrogens with two attached hydrogens (primary N) is 1. The molecule has 0 saturated carbocycles. The maximum Gasteiger partial charge on any atom is 0.238 e. The number of hydrogen-bond donors (Lipinski definition) is 2. The van der Waals surface area contributed by atoms with Gasteiger partial charge in [-0.1, -0.05) is 23.7 Å². The summed E-state index contributed by atoms with van der Waals surface area (Å²) in [6.45, 7) is 1.58. The first-order valence-electron chi connectivity index (χ1n) is 7.36. The van der Waals surface area contributed by atoms with Crippen LogP contribution in [0.25, 0.3) is 0 Å². The van der Waals surface area contributed by atoms with E-state index in [1.165, 1.54) is 0 Å². The highest BCUT2D eigenvalue weighted by atomic mass is 35.5. The van der Waals surface area contributed by atoms with Crippen LogP contribution in [0.4, 0.5) is 0 Å². The molecule has 1 saturated heterocycles. The molecule has 22 heavy (non-hydrogen) atoms. The van der Waals surface area contributed by atoms with E-state index in [0.717, 1.165) is 18.7 Å². The fraction of sp³-hybridized carbons (Fsp3) is 0.500. The van der Waals surface area contributed by atoms with Crippen LogP contribution in [-0.4, -0.2) is 42.5 Å². The number of nitrogens with zero attached hydrogens (tertiary/aromatic N) is 2. The van der Waals surface area contributed by atoms with Crippen molar-refractivity contribution in [2.45, 2.75) is 30.8 Å². The van der Waals surface area contributed by atoms with Gasteiger partial charge in [0.15, 0.2) is 0 Å². The average Bonchev–Trinajstić information content (AvgIpc) is 2.50. The Kier molecular flexibility index (Phi) is 5.41. The molecule has 1 amide bonds. The van der Waals surface area contributed by atoms with Crippen molar-refractivity contribution in [2.24, 2.45) is 5.73 Å². The Morgan fingerprint density at radius 3 is 2.82 bits per heavy atom. The molecule has 0 radical (unpaired) electrons. The topological polar surface area (TPSA) is 82.2 Å². The lowest BCUT2D eigenvalue weighted by atomic mass is 9.88. The first-order valence-corrected chi connectivity index (χ1v) is 7.74. The molecule has 0 spiro atoms. The summed E-state index contributed by atoms with van der Waals surface area (Å²) in [5, 5.41) is 12.9. The summed E-state index contributed by atoms with van der Waals surface area (Å²) in [5.41, 5.74) is 6.09. The number of nitriles is 1. The molecule has 0 aliphatic carbocycles. The Labute approximate surface area is 136 Å². The van der Waals surface area contributed by atoms with Crippen molar-refractivity contribution < 1.29 is 4.79 Å². The standard InChI is InChI=1S/C16H21ClN4O/c1-21-7-5-16(11-18,6-8-21)20-15(22)14(19)10-12-3-2-4-13(17)9-12/h2-4,9,14H,5-8,10,19H2,1H3,(H,20,22). The van der Waals surface area contributed by atoms with Gasteiger partial charge in [0.05, 0.1) is 12.1 Å². The van der Waals surface area contributed by atoms with Gasteiger partial charge in [-0.15, -0.1) is 0 Å². The van der Waals surface area contributed by atoms with Crippen LogP contribution >= 0.6 is 11.6 Å². The molecule has 6 heteroatoms. The summed E-state index contributed by atoms with van der Waals surface area (Å²) < 4.78 is 0. The van der Waals surface area contributed by atoms with Crippen molar-refractivity contribution in [3.63, 3.8) is 0 Å². The minimum atomic E-state index is -0.796. The zero-order valence-electron chi connectivity index (χ0n) is 12.7. The number of halogens is 1. The number of carbonyl (C=O) groups is 1. The summed E-state index contributed by atoms with van der Waals surface area (Å²) in [7, 11) is 2.01. The molecule has 1 fully saturated rings. The van der Waals surface area contributed by atoms with Crippen LogP contribution in [-0.2, 0) is 11.2 Å². The molecular weight excluding hydrogens is 300 g/mol. The summed E-state index contributed by atoms with van der Waals surface area (Å²) in [5.74, 6) is -0.286. The molecule has 1 unspecified atom stereocenters.